The number of methoxy groups -OCH3 is 1. The van der Waals surface area contributed by atoms with E-state index in [0.717, 1.165) is 5.56 Å². The molecule has 1 atom stereocenters. The summed E-state index contributed by atoms with van der Waals surface area (Å²) >= 11 is 13.5. The van der Waals surface area contributed by atoms with E-state index < -0.39 is 12.0 Å². The van der Waals surface area contributed by atoms with Crippen LogP contribution in [0.25, 0.3) is 6.08 Å². The van der Waals surface area contributed by atoms with Crippen molar-refractivity contribution in [3.63, 3.8) is 0 Å². The van der Waals surface area contributed by atoms with Gasteiger partial charge in [-0.15, -0.1) is 0 Å². The molecule has 4 aromatic rings. The van der Waals surface area contributed by atoms with Gasteiger partial charge in [0.15, 0.2) is 16.3 Å². The number of benzene rings is 3. The van der Waals surface area contributed by atoms with Crippen LogP contribution in [0.3, 0.4) is 0 Å². The van der Waals surface area contributed by atoms with Gasteiger partial charge in [0.25, 0.3) is 5.56 Å². The number of esters is 1. The number of hydrogen-bond donors (Lipinski definition) is 0. The second-order valence-electron chi connectivity index (χ2n) is 10.5. The molecule has 45 heavy (non-hydrogen) atoms. The predicted molar refractivity (Wildman–Crippen MR) is 176 cm³/mol. The Morgan fingerprint density at radius 1 is 1.04 bits per heavy atom. The minimum Gasteiger partial charge on any atom is -0.493 e. The Kier molecular flexibility index (Phi) is 10.0. The number of thiazole rings is 1. The van der Waals surface area contributed by atoms with Crippen molar-refractivity contribution in [2.24, 2.45) is 4.99 Å². The van der Waals surface area contributed by atoms with Gasteiger partial charge < -0.3 is 18.9 Å². The molecule has 1 aromatic heterocycles. The Balaban J connectivity index is 1.60. The molecule has 11 heteroatoms. The summed E-state index contributed by atoms with van der Waals surface area (Å²) in [5.41, 5.74) is 2.65. The first-order chi connectivity index (χ1) is 21.6. The molecule has 1 aliphatic rings. The lowest BCUT2D eigenvalue weighted by atomic mass is 9.95. The van der Waals surface area contributed by atoms with E-state index in [0.29, 0.717) is 53.5 Å². The fourth-order valence-corrected chi connectivity index (χ4v) is 6.33. The summed E-state index contributed by atoms with van der Waals surface area (Å²) in [6.07, 6.45) is 1.70. The third-order valence-corrected chi connectivity index (χ3v) is 8.69. The molecule has 0 radical (unpaired) electrons. The average molecular weight is 668 g/mol. The van der Waals surface area contributed by atoms with Crippen LogP contribution in [0, 0.1) is 0 Å². The monoisotopic (exact) mass is 666 g/mol. The largest absolute Gasteiger partial charge is 0.493 e. The molecule has 0 amide bonds. The SMILES string of the molecule is CCOC(=O)C1=C(C)N=c2s/c(=C\c3ccccc3OCc3ccc(Cl)c(Cl)c3)c(=O)n2[C@H]1c1ccc(OC(C)C)c(OC)c1. The molecule has 8 nitrogen and oxygen atoms in total. The van der Waals surface area contributed by atoms with Crippen LogP contribution in [0.2, 0.25) is 10.0 Å². The summed E-state index contributed by atoms with van der Waals surface area (Å²) in [4.78, 5) is 32.6. The Morgan fingerprint density at radius 3 is 2.53 bits per heavy atom. The van der Waals surface area contributed by atoms with Gasteiger partial charge in [-0.1, -0.05) is 64.9 Å². The molecule has 0 unspecified atom stereocenters. The third kappa shape index (κ3) is 6.96. The number of carbonyl (C=O) groups excluding carboxylic acids is 1. The standard InChI is InChI=1S/C34H32Cl2N2O6S/c1-6-42-33(40)30-20(4)37-34-38(31(30)23-12-14-27(44-19(2)3)28(16-23)41-5)32(39)29(45-34)17-22-9-7-8-10-26(22)43-18-21-11-13-24(35)25(36)15-21/h7-17,19,31H,6,18H2,1-5H3/b29-17-/t31-/m0/s1. The summed E-state index contributed by atoms with van der Waals surface area (Å²) in [6.45, 7) is 7.76. The van der Waals surface area contributed by atoms with E-state index in [1.165, 1.54) is 15.9 Å². The van der Waals surface area contributed by atoms with Crippen LogP contribution in [0.1, 0.15) is 50.4 Å². The zero-order valence-electron chi connectivity index (χ0n) is 25.4. The number of allylic oxidation sites excluding steroid dienone is 1. The number of para-hydroxylation sites is 1. The van der Waals surface area contributed by atoms with E-state index in [1.807, 2.05) is 50.2 Å². The molecule has 2 heterocycles. The van der Waals surface area contributed by atoms with Gasteiger partial charge in [-0.3, -0.25) is 9.36 Å². The Labute approximate surface area is 274 Å². The first kappa shape index (κ1) is 32.3. The molecule has 5 rings (SSSR count). The van der Waals surface area contributed by atoms with Crippen LogP contribution in [-0.2, 0) is 16.1 Å². The number of fused-ring (bicyclic) bond motifs is 1. The zero-order chi connectivity index (χ0) is 32.2. The Hall–Kier alpha value is -4.05. The van der Waals surface area contributed by atoms with Crippen LogP contribution in [0.4, 0.5) is 0 Å². The topological polar surface area (TPSA) is 88.4 Å². The van der Waals surface area contributed by atoms with Gasteiger partial charge in [-0.25, -0.2) is 9.79 Å². The minimum absolute atomic E-state index is 0.0736. The number of hydrogen-bond acceptors (Lipinski definition) is 8. The van der Waals surface area contributed by atoms with Gasteiger partial charge in [0, 0.05) is 5.56 Å². The van der Waals surface area contributed by atoms with Crippen molar-refractivity contribution in [1.29, 1.82) is 0 Å². The first-order valence-corrected chi connectivity index (χ1v) is 15.9. The Morgan fingerprint density at radius 2 is 1.82 bits per heavy atom. The molecule has 0 spiro atoms. The van der Waals surface area contributed by atoms with Gasteiger partial charge in [0.05, 0.1) is 51.7 Å². The van der Waals surface area contributed by atoms with Crippen LogP contribution in [0.5, 0.6) is 17.2 Å². The lowest BCUT2D eigenvalue weighted by molar-refractivity contribution is -0.139. The highest BCUT2D eigenvalue weighted by Crippen LogP contribution is 2.36. The van der Waals surface area contributed by atoms with E-state index in [-0.39, 0.29) is 30.5 Å². The van der Waals surface area contributed by atoms with Crippen molar-refractivity contribution >= 4 is 46.6 Å². The molecule has 3 aromatic carbocycles. The molecule has 0 saturated carbocycles. The van der Waals surface area contributed by atoms with Crippen LogP contribution >= 0.6 is 34.5 Å². The third-order valence-electron chi connectivity index (χ3n) is 6.97. The molecule has 0 saturated heterocycles. The summed E-state index contributed by atoms with van der Waals surface area (Å²) in [5, 5.41) is 0.910. The van der Waals surface area contributed by atoms with Gasteiger partial charge >= 0.3 is 5.97 Å². The van der Waals surface area contributed by atoms with E-state index in [4.69, 9.17) is 42.1 Å². The second kappa shape index (κ2) is 13.9. The highest BCUT2D eigenvalue weighted by molar-refractivity contribution is 7.07. The summed E-state index contributed by atoms with van der Waals surface area (Å²) in [6, 6.07) is 17.3. The predicted octanol–water partition coefficient (Wildman–Crippen LogP) is 6.48. The second-order valence-corrected chi connectivity index (χ2v) is 12.3. The van der Waals surface area contributed by atoms with Crippen LogP contribution in [-0.4, -0.2) is 30.4 Å². The lowest BCUT2D eigenvalue weighted by Crippen LogP contribution is -2.40. The van der Waals surface area contributed by atoms with Gasteiger partial charge in [-0.05, 0) is 75.2 Å². The van der Waals surface area contributed by atoms with E-state index >= 15 is 0 Å². The first-order valence-electron chi connectivity index (χ1n) is 14.3. The smallest absolute Gasteiger partial charge is 0.338 e. The van der Waals surface area contributed by atoms with Crippen molar-refractivity contribution < 1.29 is 23.7 Å². The summed E-state index contributed by atoms with van der Waals surface area (Å²) in [5.74, 6) is 1.08. The molecular weight excluding hydrogens is 635 g/mol. The zero-order valence-corrected chi connectivity index (χ0v) is 27.8. The fraction of sp³-hybridized carbons (Fsp3) is 0.265. The van der Waals surface area contributed by atoms with Crippen molar-refractivity contribution in [3.8, 4) is 17.2 Å². The number of ether oxygens (including phenoxy) is 4. The van der Waals surface area contributed by atoms with Crippen LogP contribution < -0.4 is 29.1 Å². The maximum Gasteiger partial charge on any atom is 0.338 e. The van der Waals surface area contributed by atoms with Gasteiger partial charge in [0.1, 0.15) is 12.4 Å². The molecule has 0 bridgehead atoms. The Bertz CT molecular complexity index is 1960. The summed E-state index contributed by atoms with van der Waals surface area (Å²) in [7, 11) is 1.55. The maximum atomic E-state index is 14.1. The highest BCUT2D eigenvalue weighted by Gasteiger charge is 2.34. The summed E-state index contributed by atoms with van der Waals surface area (Å²) < 4.78 is 25.0. The fourth-order valence-electron chi connectivity index (χ4n) is 4.98. The molecule has 0 fully saturated rings. The van der Waals surface area contributed by atoms with Crippen molar-refractivity contribution in [2.75, 3.05) is 13.7 Å². The average Bonchev–Trinajstić information content (AvgIpc) is 3.31. The van der Waals surface area contributed by atoms with Crippen molar-refractivity contribution in [3.05, 3.63) is 118 Å². The number of carbonyl (C=O) groups is 1. The van der Waals surface area contributed by atoms with Crippen LogP contribution in [0.15, 0.2) is 81.7 Å². The van der Waals surface area contributed by atoms with Gasteiger partial charge in [-0.2, -0.15) is 0 Å². The maximum absolute atomic E-state index is 14.1. The molecule has 1 aliphatic heterocycles. The molecule has 234 valence electrons. The minimum atomic E-state index is -0.800. The number of aromatic nitrogens is 1. The number of rotatable bonds is 10. The molecule has 0 aliphatic carbocycles. The number of nitrogens with zero attached hydrogens (tertiary/aromatic N) is 2. The highest BCUT2D eigenvalue weighted by atomic mass is 35.5. The van der Waals surface area contributed by atoms with E-state index in [1.54, 1.807) is 51.3 Å². The normalized spacial score (nSPS) is 14.7. The van der Waals surface area contributed by atoms with Crippen molar-refractivity contribution in [2.45, 2.75) is 46.4 Å². The van der Waals surface area contributed by atoms with Gasteiger partial charge in [0.2, 0.25) is 0 Å². The van der Waals surface area contributed by atoms with E-state index in [9.17, 15) is 9.59 Å². The molecule has 0 N–H and O–H groups in total. The van der Waals surface area contributed by atoms with E-state index in [2.05, 4.69) is 4.99 Å². The van der Waals surface area contributed by atoms with Crippen molar-refractivity contribution in [1.82, 2.24) is 4.57 Å². The number of halogens is 2. The lowest BCUT2D eigenvalue weighted by Gasteiger charge is -2.25. The molecular formula is C34H32Cl2N2O6S. The quantitative estimate of drug-likeness (QED) is 0.180.